The second-order valence-electron chi connectivity index (χ2n) is 8.56. The second kappa shape index (κ2) is 7.21. The van der Waals surface area contributed by atoms with Crippen LogP contribution in [0.1, 0.15) is 59.6 Å². The number of piperidine rings is 1. The number of hydrogen-bond acceptors (Lipinski definition) is 4. The van der Waals surface area contributed by atoms with Crippen LogP contribution < -0.4 is 0 Å². The fourth-order valence-corrected chi connectivity index (χ4v) is 4.73. The molecule has 3 aromatic heterocycles. The highest BCUT2D eigenvalue weighted by Crippen LogP contribution is 2.36. The Morgan fingerprint density at radius 3 is 2.86 bits per heavy atom. The van der Waals surface area contributed by atoms with Gasteiger partial charge in [0.25, 0.3) is 5.91 Å². The molecule has 7 heteroatoms. The maximum absolute atomic E-state index is 12.9. The summed E-state index contributed by atoms with van der Waals surface area (Å²) in [7, 11) is 1.97. The lowest BCUT2D eigenvalue weighted by Crippen LogP contribution is -2.38. The molecule has 1 atom stereocenters. The Labute approximate surface area is 170 Å². The fraction of sp³-hybridized carbons (Fsp3) is 0.500. The first-order valence-electron chi connectivity index (χ1n) is 10.5. The first-order chi connectivity index (χ1) is 14.1. The van der Waals surface area contributed by atoms with Gasteiger partial charge in [-0.2, -0.15) is 5.10 Å². The van der Waals surface area contributed by atoms with E-state index in [0.29, 0.717) is 17.5 Å². The summed E-state index contributed by atoms with van der Waals surface area (Å²) in [5.74, 6) is 2.15. The number of hydrogen-bond donors (Lipinski definition) is 1. The highest BCUT2D eigenvalue weighted by atomic mass is 16.5. The molecule has 7 nitrogen and oxygen atoms in total. The highest BCUT2D eigenvalue weighted by Gasteiger charge is 2.32. The van der Waals surface area contributed by atoms with Crippen molar-refractivity contribution < 1.29 is 9.32 Å². The molecule has 1 saturated heterocycles. The molecule has 1 amide bonds. The molecule has 1 N–H and O–H groups in total. The van der Waals surface area contributed by atoms with Crippen molar-refractivity contribution in [2.24, 2.45) is 13.0 Å². The van der Waals surface area contributed by atoms with Crippen LogP contribution in [-0.4, -0.2) is 43.8 Å². The largest absolute Gasteiger partial charge is 0.361 e. The number of nitrogens with one attached hydrogen (secondary N) is 1. The van der Waals surface area contributed by atoms with Gasteiger partial charge >= 0.3 is 0 Å². The SMILES string of the molecule is CC1CCc2noc(C3CCN(C(=O)c4cc(-c5cccn5C)n[nH]4)CC3)c2C1. The molecule has 0 bridgehead atoms. The van der Waals surface area contributed by atoms with E-state index >= 15 is 0 Å². The van der Waals surface area contributed by atoms with Gasteiger partial charge in [0.2, 0.25) is 0 Å². The summed E-state index contributed by atoms with van der Waals surface area (Å²) < 4.78 is 7.76. The minimum Gasteiger partial charge on any atom is -0.361 e. The number of rotatable bonds is 3. The molecule has 0 saturated carbocycles. The predicted molar refractivity (Wildman–Crippen MR) is 109 cm³/mol. The number of H-pyrrole nitrogens is 1. The summed E-state index contributed by atoms with van der Waals surface area (Å²) in [6.45, 7) is 3.76. The Kier molecular flexibility index (Phi) is 4.53. The van der Waals surface area contributed by atoms with E-state index in [1.807, 2.05) is 40.9 Å². The summed E-state index contributed by atoms with van der Waals surface area (Å²) >= 11 is 0. The lowest BCUT2D eigenvalue weighted by atomic mass is 9.83. The topological polar surface area (TPSA) is 79.9 Å². The molecule has 2 aliphatic rings. The van der Waals surface area contributed by atoms with Crippen LogP contribution in [0.2, 0.25) is 0 Å². The van der Waals surface area contributed by atoms with Gasteiger partial charge in [0, 0.05) is 37.8 Å². The molecule has 0 radical (unpaired) electrons. The van der Waals surface area contributed by atoms with Crippen LogP contribution in [0, 0.1) is 5.92 Å². The van der Waals surface area contributed by atoms with Crippen molar-refractivity contribution in [3.63, 3.8) is 0 Å². The van der Waals surface area contributed by atoms with E-state index in [4.69, 9.17) is 4.52 Å². The van der Waals surface area contributed by atoms with E-state index in [9.17, 15) is 4.79 Å². The van der Waals surface area contributed by atoms with E-state index in [0.717, 1.165) is 61.6 Å². The van der Waals surface area contributed by atoms with Gasteiger partial charge in [0.05, 0.1) is 11.4 Å². The van der Waals surface area contributed by atoms with Gasteiger partial charge < -0.3 is 14.0 Å². The minimum absolute atomic E-state index is 0.0182. The third kappa shape index (κ3) is 3.28. The van der Waals surface area contributed by atoms with Gasteiger partial charge in [-0.15, -0.1) is 0 Å². The number of carbonyl (C=O) groups excluding carboxylic acids is 1. The smallest absolute Gasteiger partial charge is 0.271 e. The fourth-order valence-electron chi connectivity index (χ4n) is 4.73. The quantitative estimate of drug-likeness (QED) is 0.738. The van der Waals surface area contributed by atoms with Crippen LogP contribution in [0.3, 0.4) is 0 Å². The van der Waals surface area contributed by atoms with E-state index in [2.05, 4.69) is 22.3 Å². The van der Waals surface area contributed by atoms with E-state index in [-0.39, 0.29) is 5.91 Å². The van der Waals surface area contributed by atoms with Gasteiger partial charge in [-0.05, 0) is 56.2 Å². The standard InChI is InChI=1S/C22H27N5O2/c1-14-5-6-17-16(12-14)21(29-25-17)15-7-10-27(11-8-15)22(28)19-13-18(23-24-19)20-4-3-9-26(20)2/h3-4,9,13-15H,5-8,10-12H2,1-2H3,(H,23,24). The Morgan fingerprint density at radius 2 is 2.10 bits per heavy atom. The van der Waals surface area contributed by atoms with Gasteiger partial charge in [-0.25, -0.2) is 0 Å². The van der Waals surface area contributed by atoms with Crippen LogP contribution in [0.4, 0.5) is 0 Å². The zero-order valence-electron chi connectivity index (χ0n) is 17.0. The van der Waals surface area contributed by atoms with Gasteiger partial charge in [-0.1, -0.05) is 12.1 Å². The average Bonchev–Trinajstić information content (AvgIpc) is 3.46. The number of aromatic amines is 1. The van der Waals surface area contributed by atoms with Crippen molar-refractivity contribution in [1.82, 2.24) is 24.8 Å². The summed E-state index contributed by atoms with van der Waals surface area (Å²) in [6, 6.07) is 5.81. The van der Waals surface area contributed by atoms with E-state index in [1.54, 1.807) is 0 Å². The molecule has 3 aromatic rings. The number of carbonyl (C=O) groups is 1. The Balaban J connectivity index is 1.26. The van der Waals surface area contributed by atoms with Crippen LogP contribution >= 0.6 is 0 Å². The molecule has 1 fully saturated rings. The molecule has 4 heterocycles. The second-order valence-corrected chi connectivity index (χ2v) is 8.56. The number of nitrogens with zero attached hydrogens (tertiary/aromatic N) is 4. The highest BCUT2D eigenvalue weighted by molar-refractivity contribution is 5.93. The summed E-state index contributed by atoms with van der Waals surface area (Å²) in [6.07, 6.45) is 7.10. The van der Waals surface area contributed by atoms with Crippen LogP contribution in [-0.2, 0) is 19.9 Å². The lowest BCUT2D eigenvalue weighted by molar-refractivity contribution is 0.0700. The average molecular weight is 393 g/mol. The number of aryl methyl sites for hydroxylation is 2. The molecule has 152 valence electrons. The molecule has 1 unspecified atom stereocenters. The Morgan fingerprint density at radius 1 is 1.28 bits per heavy atom. The molecule has 0 aromatic carbocycles. The minimum atomic E-state index is 0.0182. The van der Waals surface area contributed by atoms with Gasteiger partial charge in [0.15, 0.2) is 0 Å². The number of amides is 1. The van der Waals surface area contributed by atoms with E-state index in [1.165, 1.54) is 12.0 Å². The third-order valence-electron chi connectivity index (χ3n) is 6.49. The van der Waals surface area contributed by atoms with Crippen molar-refractivity contribution >= 4 is 5.91 Å². The van der Waals surface area contributed by atoms with Crippen LogP contribution in [0.25, 0.3) is 11.4 Å². The Bertz CT molecular complexity index is 1020. The maximum atomic E-state index is 12.9. The van der Waals surface area contributed by atoms with Crippen LogP contribution in [0.5, 0.6) is 0 Å². The zero-order chi connectivity index (χ0) is 20.0. The third-order valence-corrected chi connectivity index (χ3v) is 6.49. The monoisotopic (exact) mass is 393 g/mol. The maximum Gasteiger partial charge on any atom is 0.271 e. The van der Waals surface area contributed by atoms with Crippen molar-refractivity contribution in [3.05, 3.63) is 47.1 Å². The number of aromatic nitrogens is 4. The van der Waals surface area contributed by atoms with Crippen molar-refractivity contribution in [2.75, 3.05) is 13.1 Å². The molecular formula is C22H27N5O2. The molecule has 5 rings (SSSR count). The Hall–Kier alpha value is -2.83. The summed E-state index contributed by atoms with van der Waals surface area (Å²) in [4.78, 5) is 14.9. The zero-order valence-corrected chi connectivity index (χ0v) is 17.0. The van der Waals surface area contributed by atoms with E-state index < -0.39 is 0 Å². The number of fused-ring (bicyclic) bond motifs is 1. The number of likely N-dealkylation sites (tertiary alicyclic amines) is 1. The first kappa shape index (κ1) is 18.2. The van der Waals surface area contributed by atoms with Gasteiger partial charge in [0.1, 0.15) is 17.1 Å². The molecule has 29 heavy (non-hydrogen) atoms. The normalized spacial score (nSPS) is 20.1. The lowest BCUT2D eigenvalue weighted by Gasteiger charge is -2.31. The van der Waals surface area contributed by atoms with Crippen molar-refractivity contribution in [3.8, 4) is 11.4 Å². The molecular weight excluding hydrogens is 366 g/mol. The summed E-state index contributed by atoms with van der Waals surface area (Å²) in [5, 5.41) is 11.6. The molecule has 1 aliphatic heterocycles. The van der Waals surface area contributed by atoms with Gasteiger partial charge in [-0.3, -0.25) is 9.89 Å². The first-order valence-corrected chi connectivity index (χ1v) is 10.5. The molecule has 0 spiro atoms. The molecule has 1 aliphatic carbocycles. The predicted octanol–water partition coefficient (Wildman–Crippen LogP) is 3.55. The van der Waals surface area contributed by atoms with Crippen molar-refractivity contribution in [2.45, 2.75) is 44.9 Å². The van der Waals surface area contributed by atoms with Crippen molar-refractivity contribution in [1.29, 1.82) is 0 Å². The summed E-state index contributed by atoms with van der Waals surface area (Å²) in [5.41, 5.74) is 4.82. The van der Waals surface area contributed by atoms with Crippen LogP contribution in [0.15, 0.2) is 28.9 Å².